The Hall–Kier alpha value is -2.21. The third-order valence-electron chi connectivity index (χ3n) is 2.58. The first-order chi connectivity index (χ1) is 10.1. The zero-order valence-electron chi connectivity index (χ0n) is 10.8. The van der Waals surface area contributed by atoms with E-state index in [1.165, 1.54) is 12.1 Å². The van der Waals surface area contributed by atoms with Crippen molar-refractivity contribution in [2.24, 2.45) is 0 Å². The standard InChI is InChI=1S/C15H11BrFNO3/c16-11-4-2-5-12(7-11)18-14(20)9-21-15-10(8-19)3-1-6-13(15)17/h1-8H,9H2,(H,18,20). The average molecular weight is 352 g/mol. The molecule has 0 aliphatic carbocycles. The molecule has 0 spiro atoms. The molecule has 0 fully saturated rings. The molecular formula is C15H11BrFNO3. The second-order valence-electron chi connectivity index (χ2n) is 4.12. The van der Waals surface area contributed by atoms with Gasteiger partial charge in [0.1, 0.15) is 0 Å². The zero-order valence-corrected chi connectivity index (χ0v) is 12.4. The summed E-state index contributed by atoms with van der Waals surface area (Å²) in [5, 5.41) is 2.61. The maximum absolute atomic E-state index is 13.5. The Bertz CT molecular complexity index is 676. The van der Waals surface area contributed by atoms with Crippen molar-refractivity contribution < 1.29 is 18.7 Å². The van der Waals surface area contributed by atoms with Gasteiger partial charge in [-0.3, -0.25) is 9.59 Å². The fourth-order valence-corrected chi connectivity index (χ4v) is 2.07. The Labute approximate surface area is 129 Å². The van der Waals surface area contributed by atoms with Gasteiger partial charge in [0, 0.05) is 10.2 Å². The highest BCUT2D eigenvalue weighted by atomic mass is 79.9. The molecule has 0 saturated carbocycles. The first-order valence-corrected chi connectivity index (χ1v) is 6.81. The second kappa shape index (κ2) is 6.99. The Kier molecular flexibility index (Phi) is 5.05. The molecule has 1 N–H and O–H groups in total. The largest absolute Gasteiger partial charge is 0.480 e. The molecule has 2 rings (SSSR count). The van der Waals surface area contributed by atoms with Crippen molar-refractivity contribution in [1.29, 1.82) is 0 Å². The van der Waals surface area contributed by atoms with Crippen LogP contribution in [0.5, 0.6) is 5.75 Å². The molecular weight excluding hydrogens is 341 g/mol. The molecule has 0 aliphatic rings. The van der Waals surface area contributed by atoms with Crippen LogP contribution in [-0.2, 0) is 4.79 Å². The van der Waals surface area contributed by atoms with Gasteiger partial charge in [0.2, 0.25) is 0 Å². The van der Waals surface area contributed by atoms with Gasteiger partial charge in [0.25, 0.3) is 5.91 Å². The van der Waals surface area contributed by atoms with Gasteiger partial charge in [0.05, 0.1) is 5.56 Å². The predicted octanol–water partition coefficient (Wildman–Crippen LogP) is 3.42. The van der Waals surface area contributed by atoms with Crippen LogP contribution in [0.1, 0.15) is 10.4 Å². The van der Waals surface area contributed by atoms with E-state index >= 15 is 0 Å². The lowest BCUT2D eigenvalue weighted by Gasteiger charge is -2.10. The Morgan fingerprint density at radius 3 is 2.76 bits per heavy atom. The number of aldehydes is 1. The number of nitrogens with one attached hydrogen (secondary N) is 1. The lowest BCUT2D eigenvalue weighted by Crippen LogP contribution is -2.20. The van der Waals surface area contributed by atoms with Crippen LogP contribution in [-0.4, -0.2) is 18.8 Å². The first-order valence-electron chi connectivity index (χ1n) is 6.02. The fourth-order valence-electron chi connectivity index (χ4n) is 1.67. The van der Waals surface area contributed by atoms with E-state index in [-0.39, 0.29) is 11.3 Å². The highest BCUT2D eigenvalue weighted by molar-refractivity contribution is 9.10. The predicted molar refractivity (Wildman–Crippen MR) is 80.1 cm³/mol. The maximum Gasteiger partial charge on any atom is 0.262 e. The molecule has 6 heteroatoms. The van der Waals surface area contributed by atoms with E-state index in [1.54, 1.807) is 18.2 Å². The van der Waals surface area contributed by atoms with Crippen LogP contribution in [0.3, 0.4) is 0 Å². The molecule has 4 nitrogen and oxygen atoms in total. The van der Waals surface area contributed by atoms with Crippen LogP contribution in [0.4, 0.5) is 10.1 Å². The van der Waals surface area contributed by atoms with Crippen molar-refractivity contribution >= 4 is 33.8 Å². The van der Waals surface area contributed by atoms with Crippen LogP contribution in [0.25, 0.3) is 0 Å². The highest BCUT2D eigenvalue weighted by Gasteiger charge is 2.11. The number of rotatable bonds is 5. The summed E-state index contributed by atoms with van der Waals surface area (Å²) in [6.07, 6.45) is 0.477. The van der Waals surface area contributed by atoms with Crippen molar-refractivity contribution in [3.8, 4) is 5.75 Å². The number of carbonyl (C=O) groups excluding carboxylic acids is 2. The number of para-hydroxylation sites is 1. The highest BCUT2D eigenvalue weighted by Crippen LogP contribution is 2.21. The minimum absolute atomic E-state index is 0.0604. The molecule has 0 aliphatic heterocycles. The smallest absolute Gasteiger partial charge is 0.262 e. The number of amides is 1. The van der Waals surface area contributed by atoms with E-state index in [2.05, 4.69) is 21.2 Å². The van der Waals surface area contributed by atoms with E-state index in [1.807, 2.05) is 6.07 Å². The summed E-state index contributed by atoms with van der Waals surface area (Å²) in [5.41, 5.74) is 0.646. The number of benzene rings is 2. The molecule has 2 aromatic carbocycles. The van der Waals surface area contributed by atoms with Crippen molar-refractivity contribution in [2.45, 2.75) is 0 Å². The van der Waals surface area contributed by atoms with Crippen molar-refractivity contribution in [3.05, 3.63) is 58.3 Å². The number of hydrogen-bond donors (Lipinski definition) is 1. The number of carbonyl (C=O) groups is 2. The lowest BCUT2D eigenvalue weighted by atomic mass is 10.2. The maximum atomic E-state index is 13.5. The lowest BCUT2D eigenvalue weighted by molar-refractivity contribution is -0.118. The van der Waals surface area contributed by atoms with E-state index in [9.17, 15) is 14.0 Å². The molecule has 0 unspecified atom stereocenters. The molecule has 108 valence electrons. The summed E-state index contributed by atoms with van der Waals surface area (Å²) in [5.74, 6) is -1.36. The number of anilines is 1. The summed E-state index contributed by atoms with van der Waals surface area (Å²) in [4.78, 5) is 22.5. The van der Waals surface area contributed by atoms with E-state index in [4.69, 9.17) is 4.74 Å². The summed E-state index contributed by atoms with van der Waals surface area (Å²) >= 11 is 3.29. The fraction of sp³-hybridized carbons (Fsp3) is 0.0667. The third-order valence-corrected chi connectivity index (χ3v) is 3.07. The average Bonchev–Trinajstić information content (AvgIpc) is 2.45. The minimum atomic E-state index is -0.685. The molecule has 0 atom stereocenters. The molecule has 0 bridgehead atoms. The molecule has 2 aromatic rings. The number of ether oxygens (including phenoxy) is 1. The van der Waals surface area contributed by atoms with Gasteiger partial charge in [-0.05, 0) is 30.3 Å². The van der Waals surface area contributed by atoms with Gasteiger partial charge in [0.15, 0.2) is 24.5 Å². The van der Waals surface area contributed by atoms with Gasteiger partial charge in [-0.1, -0.05) is 28.1 Å². The van der Waals surface area contributed by atoms with E-state index in [0.29, 0.717) is 12.0 Å². The van der Waals surface area contributed by atoms with Crippen molar-refractivity contribution in [2.75, 3.05) is 11.9 Å². The molecule has 0 aromatic heterocycles. The van der Waals surface area contributed by atoms with Gasteiger partial charge in [-0.15, -0.1) is 0 Å². The third kappa shape index (κ3) is 4.13. The van der Waals surface area contributed by atoms with Crippen molar-refractivity contribution in [3.63, 3.8) is 0 Å². The molecule has 1 amide bonds. The van der Waals surface area contributed by atoms with Gasteiger partial charge >= 0.3 is 0 Å². The molecule has 0 saturated heterocycles. The topological polar surface area (TPSA) is 55.4 Å². The first kappa shape index (κ1) is 15.2. The molecule has 0 heterocycles. The van der Waals surface area contributed by atoms with Gasteiger partial charge in [-0.25, -0.2) is 4.39 Å². The number of hydrogen-bond acceptors (Lipinski definition) is 3. The summed E-state index contributed by atoms with van der Waals surface area (Å²) < 4.78 is 19.5. The zero-order chi connectivity index (χ0) is 15.2. The monoisotopic (exact) mass is 351 g/mol. The molecule has 21 heavy (non-hydrogen) atoms. The SMILES string of the molecule is O=Cc1cccc(F)c1OCC(=O)Nc1cccc(Br)c1. The Morgan fingerprint density at radius 2 is 2.05 bits per heavy atom. The summed E-state index contributed by atoms with van der Waals surface area (Å²) in [7, 11) is 0. The van der Waals surface area contributed by atoms with Gasteiger partial charge in [-0.2, -0.15) is 0 Å². The van der Waals surface area contributed by atoms with Gasteiger partial charge < -0.3 is 10.1 Å². The number of halogens is 2. The van der Waals surface area contributed by atoms with Crippen LogP contribution < -0.4 is 10.1 Å². The minimum Gasteiger partial charge on any atom is -0.480 e. The van der Waals surface area contributed by atoms with E-state index < -0.39 is 18.3 Å². The Balaban J connectivity index is 2.00. The van der Waals surface area contributed by atoms with E-state index in [0.717, 1.165) is 10.5 Å². The van der Waals surface area contributed by atoms with Crippen LogP contribution >= 0.6 is 15.9 Å². The quantitative estimate of drug-likeness (QED) is 0.839. The molecule has 0 radical (unpaired) electrons. The second-order valence-corrected chi connectivity index (χ2v) is 5.04. The normalized spacial score (nSPS) is 10.0. The Morgan fingerprint density at radius 1 is 1.29 bits per heavy atom. The van der Waals surface area contributed by atoms with Crippen molar-refractivity contribution in [1.82, 2.24) is 0 Å². The summed E-state index contributed by atoms with van der Waals surface area (Å²) in [6.45, 7) is -0.395. The van der Waals surface area contributed by atoms with Crippen LogP contribution in [0, 0.1) is 5.82 Å². The summed E-state index contributed by atoms with van der Waals surface area (Å²) in [6, 6.07) is 11.0. The van der Waals surface area contributed by atoms with Crippen LogP contribution in [0.2, 0.25) is 0 Å². The van der Waals surface area contributed by atoms with Crippen LogP contribution in [0.15, 0.2) is 46.9 Å².